The van der Waals surface area contributed by atoms with Crippen LogP contribution in [0, 0.1) is 0 Å². The highest BCUT2D eigenvalue weighted by Crippen LogP contribution is 2.15. The summed E-state index contributed by atoms with van der Waals surface area (Å²) in [5.74, 6) is 6.14. The van der Waals surface area contributed by atoms with Gasteiger partial charge in [-0.05, 0) is 5.56 Å². The molecule has 0 atom stereocenters. The Labute approximate surface area is 89.3 Å². The van der Waals surface area contributed by atoms with E-state index in [1.165, 1.54) is 0 Å². The van der Waals surface area contributed by atoms with Crippen LogP contribution < -0.4 is 5.90 Å². The molecule has 1 heterocycles. The number of hydrogen-bond acceptors (Lipinski definition) is 4. The number of nitrogens with zero attached hydrogens (tertiary/aromatic N) is 2. The predicted octanol–water partition coefficient (Wildman–Crippen LogP) is 0.769. The summed E-state index contributed by atoms with van der Waals surface area (Å²) < 4.78 is 0. The molecular weight excluding hydrogens is 190 g/mol. The summed E-state index contributed by atoms with van der Waals surface area (Å²) in [6.07, 6.45) is 0. The molecular formula is C11H15N3O. The summed E-state index contributed by atoms with van der Waals surface area (Å²) >= 11 is 0. The molecule has 0 amide bonds. The van der Waals surface area contributed by atoms with Crippen LogP contribution in [-0.4, -0.2) is 30.9 Å². The first kappa shape index (κ1) is 10.1. The van der Waals surface area contributed by atoms with Crippen LogP contribution in [0.1, 0.15) is 11.1 Å². The average molecular weight is 205 g/mol. The summed E-state index contributed by atoms with van der Waals surface area (Å²) in [5.41, 5.74) is 2.19. The molecule has 2 rings (SSSR count). The molecule has 1 aliphatic rings. The van der Waals surface area contributed by atoms with Crippen molar-refractivity contribution >= 4 is 5.84 Å². The van der Waals surface area contributed by atoms with Crippen LogP contribution in [0.5, 0.6) is 0 Å². The Morgan fingerprint density at radius 1 is 1.47 bits per heavy atom. The number of hydrogen-bond donors (Lipinski definition) is 1. The van der Waals surface area contributed by atoms with Gasteiger partial charge in [0.1, 0.15) is 5.84 Å². The van der Waals surface area contributed by atoms with Crippen molar-refractivity contribution in [3.8, 4) is 0 Å². The van der Waals surface area contributed by atoms with E-state index in [2.05, 4.69) is 20.8 Å². The van der Waals surface area contributed by atoms with Crippen LogP contribution in [0.15, 0.2) is 29.3 Å². The predicted molar refractivity (Wildman–Crippen MR) is 59.5 cm³/mol. The van der Waals surface area contributed by atoms with E-state index in [0.29, 0.717) is 6.61 Å². The molecule has 15 heavy (non-hydrogen) atoms. The van der Waals surface area contributed by atoms with Crippen molar-refractivity contribution in [1.82, 2.24) is 4.90 Å². The van der Waals surface area contributed by atoms with Gasteiger partial charge in [-0.15, -0.1) is 0 Å². The van der Waals surface area contributed by atoms with E-state index in [1.807, 2.05) is 25.2 Å². The van der Waals surface area contributed by atoms with Crippen LogP contribution in [0.2, 0.25) is 0 Å². The molecule has 0 aliphatic carbocycles. The van der Waals surface area contributed by atoms with Crippen LogP contribution in [0.25, 0.3) is 0 Å². The van der Waals surface area contributed by atoms with Crippen LogP contribution >= 0.6 is 0 Å². The van der Waals surface area contributed by atoms with E-state index in [-0.39, 0.29) is 0 Å². The van der Waals surface area contributed by atoms with Gasteiger partial charge in [0.15, 0.2) is 0 Å². The summed E-state index contributed by atoms with van der Waals surface area (Å²) in [6, 6.07) is 8.04. The van der Waals surface area contributed by atoms with Crippen molar-refractivity contribution in [1.29, 1.82) is 0 Å². The summed E-state index contributed by atoms with van der Waals surface area (Å²) in [4.78, 5) is 11.3. The van der Waals surface area contributed by atoms with E-state index in [9.17, 15) is 0 Å². The lowest BCUT2D eigenvalue weighted by Gasteiger charge is -2.16. The lowest BCUT2D eigenvalue weighted by Crippen LogP contribution is -2.24. The zero-order valence-electron chi connectivity index (χ0n) is 8.81. The Kier molecular flexibility index (Phi) is 2.99. The lowest BCUT2D eigenvalue weighted by atomic mass is 10.1. The van der Waals surface area contributed by atoms with E-state index in [1.54, 1.807) is 0 Å². The standard InChI is InChI=1S/C11H15N3O/c1-14-7-6-13-11(14)10-5-3-2-4-9(10)8-15-12/h2-5H,6-8,12H2,1H3. The molecule has 1 aromatic carbocycles. The normalized spacial score (nSPS) is 15.6. The highest BCUT2D eigenvalue weighted by molar-refractivity contribution is 6.00. The molecule has 4 heteroatoms. The highest BCUT2D eigenvalue weighted by atomic mass is 16.6. The minimum atomic E-state index is 0.420. The minimum absolute atomic E-state index is 0.420. The number of aliphatic imine (C=N–C) groups is 1. The number of benzene rings is 1. The fourth-order valence-corrected chi connectivity index (χ4v) is 1.78. The van der Waals surface area contributed by atoms with E-state index < -0.39 is 0 Å². The zero-order valence-corrected chi connectivity index (χ0v) is 8.81. The first-order chi connectivity index (χ1) is 7.33. The van der Waals surface area contributed by atoms with E-state index in [4.69, 9.17) is 5.90 Å². The number of likely N-dealkylation sites (N-methyl/N-ethyl adjacent to an activating group) is 1. The lowest BCUT2D eigenvalue weighted by molar-refractivity contribution is 0.124. The second-order valence-corrected chi connectivity index (χ2v) is 3.60. The van der Waals surface area contributed by atoms with Crippen LogP contribution in [0.4, 0.5) is 0 Å². The van der Waals surface area contributed by atoms with Crippen LogP contribution in [0.3, 0.4) is 0 Å². The number of rotatable bonds is 3. The van der Waals surface area contributed by atoms with Crippen molar-refractivity contribution < 1.29 is 4.84 Å². The van der Waals surface area contributed by atoms with Crippen molar-refractivity contribution in [3.05, 3.63) is 35.4 Å². The van der Waals surface area contributed by atoms with Gasteiger partial charge in [0.05, 0.1) is 13.2 Å². The molecule has 0 radical (unpaired) electrons. The third-order valence-corrected chi connectivity index (χ3v) is 2.56. The minimum Gasteiger partial charge on any atom is -0.358 e. The monoisotopic (exact) mass is 205 g/mol. The van der Waals surface area contributed by atoms with Crippen LogP contribution in [-0.2, 0) is 11.4 Å². The Morgan fingerprint density at radius 2 is 2.27 bits per heavy atom. The van der Waals surface area contributed by atoms with Crippen molar-refractivity contribution in [2.24, 2.45) is 10.9 Å². The second-order valence-electron chi connectivity index (χ2n) is 3.60. The third kappa shape index (κ3) is 2.00. The third-order valence-electron chi connectivity index (χ3n) is 2.56. The molecule has 1 aliphatic heterocycles. The Hall–Kier alpha value is -1.39. The van der Waals surface area contributed by atoms with Gasteiger partial charge in [0.2, 0.25) is 0 Å². The molecule has 0 spiro atoms. The number of amidine groups is 1. The maximum absolute atomic E-state index is 5.11. The van der Waals surface area contributed by atoms with Gasteiger partial charge in [0, 0.05) is 19.2 Å². The average Bonchev–Trinajstić information content (AvgIpc) is 2.66. The molecule has 0 aromatic heterocycles. The van der Waals surface area contributed by atoms with Gasteiger partial charge in [-0.25, -0.2) is 5.90 Å². The van der Waals surface area contributed by atoms with Gasteiger partial charge in [-0.2, -0.15) is 0 Å². The molecule has 0 bridgehead atoms. The summed E-state index contributed by atoms with van der Waals surface area (Å²) in [6.45, 7) is 2.26. The van der Waals surface area contributed by atoms with Crippen molar-refractivity contribution in [3.63, 3.8) is 0 Å². The zero-order chi connectivity index (χ0) is 10.7. The quantitative estimate of drug-likeness (QED) is 0.741. The van der Waals surface area contributed by atoms with Gasteiger partial charge in [-0.3, -0.25) is 9.83 Å². The van der Waals surface area contributed by atoms with Gasteiger partial charge < -0.3 is 4.90 Å². The molecule has 2 N–H and O–H groups in total. The molecule has 0 unspecified atom stereocenters. The summed E-state index contributed by atoms with van der Waals surface area (Å²) in [7, 11) is 2.05. The molecule has 80 valence electrons. The molecule has 0 fully saturated rings. The first-order valence-corrected chi connectivity index (χ1v) is 4.98. The molecule has 1 aromatic rings. The first-order valence-electron chi connectivity index (χ1n) is 4.98. The Morgan fingerprint density at radius 3 is 2.93 bits per heavy atom. The number of nitrogens with two attached hydrogens (primary N) is 1. The molecule has 0 saturated heterocycles. The van der Waals surface area contributed by atoms with Crippen molar-refractivity contribution in [2.45, 2.75) is 6.61 Å². The second kappa shape index (κ2) is 4.42. The topological polar surface area (TPSA) is 50.8 Å². The maximum Gasteiger partial charge on any atom is 0.131 e. The summed E-state index contributed by atoms with van der Waals surface area (Å²) in [5, 5.41) is 0. The van der Waals surface area contributed by atoms with Gasteiger partial charge >= 0.3 is 0 Å². The SMILES string of the molecule is CN1CCN=C1c1ccccc1CON. The van der Waals surface area contributed by atoms with Gasteiger partial charge in [0.25, 0.3) is 0 Å². The fourth-order valence-electron chi connectivity index (χ4n) is 1.78. The maximum atomic E-state index is 5.11. The largest absolute Gasteiger partial charge is 0.358 e. The van der Waals surface area contributed by atoms with Crippen molar-refractivity contribution in [2.75, 3.05) is 20.1 Å². The van der Waals surface area contributed by atoms with Gasteiger partial charge in [-0.1, -0.05) is 24.3 Å². The fraction of sp³-hybridized carbons (Fsp3) is 0.364. The Balaban J connectivity index is 2.34. The molecule has 0 saturated carbocycles. The van der Waals surface area contributed by atoms with E-state index >= 15 is 0 Å². The smallest absolute Gasteiger partial charge is 0.131 e. The highest BCUT2D eigenvalue weighted by Gasteiger charge is 2.16. The molecule has 4 nitrogen and oxygen atoms in total. The Bertz CT molecular complexity index is 376. The van der Waals surface area contributed by atoms with E-state index in [0.717, 1.165) is 30.1 Å².